The molecule has 1 atom stereocenters. The number of nitrogens with zero attached hydrogens (tertiary/aromatic N) is 1. The summed E-state index contributed by atoms with van der Waals surface area (Å²) < 4.78 is 5.57. The van der Waals surface area contributed by atoms with E-state index in [4.69, 9.17) is 4.74 Å². The highest BCUT2D eigenvalue weighted by Crippen LogP contribution is 2.33. The van der Waals surface area contributed by atoms with Gasteiger partial charge in [0.05, 0.1) is 0 Å². The van der Waals surface area contributed by atoms with Gasteiger partial charge in [0.15, 0.2) is 6.10 Å². The van der Waals surface area contributed by atoms with Crippen LogP contribution in [-0.2, 0) is 9.59 Å². The summed E-state index contributed by atoms with van der Waals surface area (Å²) in [7, 11) is 0. The highest BCUT2D eigenvalue weighted by molar-refractivity contribution is 6.08. The molecular formula is C18H23N3O4. The van der Waals surface area contributed by atoms with Gasteiger partial charge in [0.1, 0.15) is 11.3 Å². The van der Waals surface area contributed by atoms with Gasteiger partial charge in [0.2, 0.25) is 0 Å². The normalized spacial score (nSPS) is 20.3. The Kier molecular flexibility index (Phi) is 4.65. The minimum absolute atomic E-state index is 0.381. The van der Waals surface area contributed by atoms with Gasteiger partial charge in [-0.1, -0.05) is 37.0 Å². The molecule has 0 radical (unpaired) electrons. The van der Waals surface area contributed by atoms with Crippen LogP contribution >= 0.6 is 0 Å². The van der Waals surface area contributed by atoms with Crippen LogP contribution in [0, 0.1) is 6.92 Å². The number of rotatable bonds is 4. The van der Waals surface area contributed by atoms with Gasteiger partial charge in [-0.25, -0.2) is 4.79 Å². The van der Waals surface area contributed by atoms with E-state index in [-0.39, 0.29) is 5.91 Å². The smallest absolute Gasteiger partial charge is 0.344 e. The van der Waals surface area contributed by atoms with E-state index < -0.39 is 23.6 Å². The van der Waals surface area contributed by atoms with Crippen LogP contribution in [0.3, 0.4) is 0 Å². The summed E-state index contributed by atoms with van der Waals surface area (Å²) in [6, 6.07) is 6.71. The third kappa shape index (κ3) is 3.45. The lowest BCUT2D eigenvalue weighted by molar-refractivity contribution is -0.142. The summed E-state index contributed by atoms with van der Waals surface area (Å²) in [5, 5.41) is 3.55. The van der Waals surface area contributed by atoms with E-state index in [9.17, 15) is 14.4 Å². The molecule has 0 bridgehead atoms. The predicted molar refractivity (Wildman–Crippen MR) is 90.6 cm³/mol. The molecule has 2 N–H and O–H groups in total. The number of hydrogen-bond acceptors (Lipinski definition) is 4. The van der Waals surface area contributed by atoms with Gasteiger partial charge < -0.3 is 10.1 Å². The molecule has 1 heterocycles. The fourth-order valence-electron chi connectivity index (χ4n) is 3.29. The Balaban J connectivity index is 1.62. The molecule has 25 heavy (non-hydrogen) atoms. The SMILES string of the molecule is Cc1ccc(OC(C)C(=O)NN2C(=O)NC3(CCCCC3)C2=O)cc1. The van der Waals surface area contributed by atoms with E-state index >= 15 is 0 Å². The van der Waals surface area contributed by atoms with Crippen LogP contribution in [0.25, 0.3) is 0 Å². The zero-order chi connectivity index (χ0) is 18.0. The second-order valence-electron chi connectivity index (χ2n) is 6.76. The van der Waals surface area contributed by atoms with E-state index in [1.54, 1.807) is 19.1 Å². The Morgan fingerprint density at radius 2 is 1.84 bits per heavy atom. The van der Waals surface area contributed by atoms with Gasteiger partial charge in [-0.15, -0.1) is 0 Å². The molecule has 1 unspecified atom stereocenters. The van der Waals surface area contributed by atoms with Gasteiger partial charge in [-0.05, 0) is 38.8 Å². The summed E-state index contributed by atoms with van der Waals surface area (Å²) in [4.78, 5) is 37.1. The summed E-state index contributed by atoms with van der Waals surface area (Å²) >= 11 is 0. The van der Waals surface area contributed by atoms with Gasteiger partial charge in [0.25, 0.3) is 11.8 Å². The molecule has 1 saturated heterocycles. The first-order valence-electron chi connectivity index (χ1n) is 8.62. The molecule has 1 aliphatic heterocycles. The van der Waals surface area contributed by atoms with Crippen LogP contribution in [0.2, 0.25) is 0 Å². The highest BCUT2D eigenvalue weighted by Gasteiger charge is 2.52. The lowest BCUT2D eigenvalue weighted by atomic mass is 9.82. The topological polar surface area (TPSA) is 87.7 Å². The molecule has 7 heteroatoms. The van der Waals surface area contributed by atoms with Crippen molar-refractivity contribution in [3.8, 4) is 5.75 Å². The van der Waals surface area contributed by atoms with Crippen molar-refractivity contribution in [2.75, 3.05) is 0 Å². The molecule has 0 aromatic heterocycles. The third-order valence-electron chi connectivity index (χ3n) is 4.79. The molecular weight excluding hydrogens is 322 g/mol. The largest absolute Gasteiger partial charge is 0.481 e. The fourth-order valence-corrected chi connectivity index (χ4v) is 3.29. The Hall–Kier alpha value is -2.57. The van der Waals surface area contributed by atoms with Crippen LogP contribution in [-0.4, -0.2) is 34.5 Å². The quantitative estimate of drug-likeness (QED) is 0.818. The predicted octanol–water partition coefficient (Wildman–Crippen LogP) is 2.05. The monoisotopic (exact) mass is 345 g/mol. The number of carbonyl (C=O) groups is 3. The lowest BCUT2D eigenvalue weighted by Gasteiger charge is -2.30. The summed E-state index contributed by atoms with van der Waals surface area (Å²) in [6.45, 7) is 3.53. The first kappa shape index (κ1) is 17.3. The Labute approximate surface area is 146 Å². The second kappa shape index (κ2) is 6.74. The number of benzene rings is 1. The number of urea groups is 1. The van der Waals surface area contributed by atoms with E-state index in [1.165, 1.54) is 0 Å². The van der Waals surface area contributed by atoms with Crippen molar-refractivity contribution in [1.29, 1.82) is 0 Å². The van der Waals surface area contributed by atoms with Crippen LogP contribution in [0.4, 0.5) is 4.79 Å². The molecule has 1 saturated carbocycles. The molecule has 1 aliphatic carbocycles. The summed E-state index contributed by atoms with van der Waals surface area (Å²) in [6.07, 6.45) is 3.21. The standard InChI is InChI=1S/C18H23N3O4/c1-12-6-8-14(9-7-12)25-13(2)15(22)20-21-16(23)18(19-17(21)24)10-4-3-5-11-18/h6-9,13H,3-5,10-11H2,1-2H3,(H,19,24)(H,20,22). The van der Waals surface area contributed by atoms with Crippen LogP contribution in [0.15, 0.2) is 24.3 Å². The zero-order valence-electron chi connectivity index (χ0n) is 14.5. The first-order chi connectivity index (χ1) is 11.9. The Morgan fingerprint density at radius 1 is 1.20 bits per heavy atom. The molecule has 1 spiro atoms. The molecule has 4 amide bonds. The molecule has 7 nitrogen and oxygen atoms in total. The van der Waals surface area contributed by atoms with Gasteiger partial charge in [0, 0.05) is 0 Å². The zero-order valence-corrected chi connectivity index (χ0v) is 14.5. The maximum absolute atomic E-state index is 12.6. The fraction of sp³-hybridized carbons (Fsp3) is 0.500. The number of imide groups is 1. The number of amides is 4. The minimum atomic E-state index is -0.857. The summed E-state index contributed by atoms with van der Waals surface area (Å²) in [5.74, 6) is -0.376. The molecule has 2 aliphatic rings. The third-order valence-corrected chi connectivity index (χ3v) is 4.79. The molecule has 1 aromatic rings. The lowest BCUT2D eigenvalue weighted by Crippen LogP contribution is -2.53. The number of carbonyl (C=O) groups excluding carboxylic acids is 3. The van der Waals surface area contributed by atoms with Crippen molar-refractivity contribution in [3.05, 3.63) is 29.8 Å². The maximum Gasteiger partial charge on any atom is 0.344 e. The van der Waals surface area contributed by atoms with Crippen molar-refractivity contribution in [2.45, 2.75) is 57.6 Å². The van der Waals surface area contributed by atoms with Gasteiger partial charge in [-0.3, -0.25) is 15.0 Å². The van der Waals surface area contributed by atoms with Crippen molar-refractivity contribution < 1.29 is 19.1 Å². The van der Waals surface area contributed by atoms with Crippen molar-refractivity contribution in [1.82, 2.24) is 15.8 Å². The maximum atomic E-state index is 12.6. The number of hydrazine groups is 1. The molecule has 2 fully saturated rings. The average molecular weight is 345 g/mol. The Morgan fingerprint density at radius 3 is 2.48 bits per heavy atom. The molecule has 134 valence electrons. The number of ether oxygens (including phenoxy) is 1. The Bertz CT molecular complexity index is 680. The second-order valence-corrected chi connectivity index (χ2v) is 6.76. The van der Waals surface area contributed by atoms with Crippen LogP contribution in [0.1, 0.15) is 44.6 Å². The number of nitrogens with one attached hydrogen (secondary N) is 2. The van der Waals surface area contributed by atoms with E-state index in [1.807, 2.05) is 19.1 Å². The van der Waals surface area contributed by atoms with Crippen LogP contribution in [0.5, 0.6) is 5.75 Å². The van der Waals surface area contributed by atoms with E-state index in [0.717, 1.165) is 29.8 Å². The van der Waals surface area contributed by atoms with Crippen molar-refractivity contribution in [3.63, 3.8) is 0 Å². The van der Waals surface area contributed by atoms with E-state index in [0.29, 0.717) is 18.6 Å². The number of aryl methyl sites for hydroxylation is 1. The van der Waals surface area contributed by atoms with Crippen LogP contribution < -0.4 is 15.5 Å². The first-order valence-corrected chi connectivity index (χ1v) is 8.62. The van der Waals surface area contributed by atoms with E-state index in [2.05, 4.69) is 10.7 Å². The summed E-state index contributed by atoms with van der Waals surface area (Å²) in [5.41, 5.74) is 2.62. The van der Waals surface area contributed by atoms with Gasteiger partial charge >= 0.3 is 6.03 Å². The van der Waals surface area contributed by atoms with Crippen molar-refractivity contribution in [2.24, 2.45) is 0 Å². The number of hydrogen-bond donors (Lipinski definition) is 2. The molecule has 3 rings (SSSR count). The molecule has 1 aromatic carbocycles. The van der Waals surface area contributed by atoms with Gasteiger partial charge in [-0.2, -0.15) is 5.01 Å². The highest BCUT2D eigenvalue weighted by atomic mass is 16.5. The average Bonchev–Trinajstić information content (AvgIpc) is 2.81. The minimum Gasteiger partial charge on any atom is -0.481 e. The van der Waals surface area contributed by atoms with Crippen molar-refractivity contribution >= 4 is 17.8 Å².